The molecule has 0 radical (unpaired) electrons. The lowest BCUT2D eigenvalue weighted by atomic mass is 9.95. The van der Waals surface area contributed by atoms with E-state index in [0.717, 1.165) is 17.1 Å². The van der Waals surface area contributed by atoms with Gasteiger partial charge < -0.3 is 14.8 Å². The molecule has 0 aromatic heterocycles. The van der Waals surface area contributed by atoms with Crippen molar-refractivity contribution in [2.24, 2.45) is 0 Å². The molecule has 0 aliphatic carbocycles. The molecule has 0 bridgehead atoms. The number of benzene rings is 1. The number of hydrogen-bond donors (Lipinski definition) is 1. The summed E-state index contributed by atoms with van der Waals surface area (Å²) in [5.74, 6) is 1.56. The maximum Gasteiger partial charge on any atom is 0.222 e. The van der Waals surface area contributed by atoms with E-state index in [-0.39, 0.29) is 11.9 Å². The molecule has 1 fully saturated rings. The molecule has 0 saturated carbocycles. The Kier molecular flexibility index (Phi) is 2.49. The molecule has 1 unspecified atom stereocenters. The molecule has 1 N–H and O–H groups in total. The van der Waals surface area contributed by atoms with Gasteiger partial charge in [0.15, 0.2) is 0 Å². The molecule has 0 spiro atoms. The van der Waals surface area contributed by atoms with E-state index >= 15 is 0 Å². The largest absolute Gasteiger partial charge is 0.496 e. The number of carbonyl (C=O) groups is 1. The second kappa shape index (κ2) is 3.81. The van der Waals surface area contributed by atoms with Gasteiger partial charge in [-0.3, -0.25) is 4.79 Å². The first-order valence-corrected chi connectivity index (χ1v) is 4.76. The van der Waals surface area contributed by atoms with Gasteiger partial charge in [0.2, 0.25) is 5.91 Å². The van der Waals surface area contributed by atoms with Crippen molar-refractivity contribution < 1.29 is 14.3 Å². The van der Waals surface area contributed by atoms with Crippen LogP contribution in [0.4, 0.5) is 0 Å². The molecule has 1 aromatic rings. The Morgan fingerprint density at radius 1 is 1.27 bits per heavy atom. The van der Waals surface area contributed by atoms with Crippen molar-refractivity contribution in [3.05, 3.63) is 23.8 Å². The molecule has 1 saturated heterocycles. The predicted molar refractivity (Wildman–Crippen MR) is 55.0 cm³/mol. The van der Waals surface area contributed by atoms with Crippen molar-refractivity contribution in [1.29, 1.82) is 0 Å². The Morgan fingerprint density at radius 2 is 1.80 bits per heavy atom. The normalized spacial score (nSPS) is 19.1. The van der Waals surface area contributed by atoms with Crippen LogP contribution in [0.1, 0.15) is 18.0 Å². The highest BCUT2D eigenvalue weighted by molar-refractivity contribution is 5.84. The lowest BCUT2D eigenvalue weighted by Gasteiger charge is -2.29. The van der Waals surface area contributed by atoms with Gasteiger partial charge in [-0.2, -0.15) is 0 Å². The molecule has 1 aliphatic heterocycles. The SMILES string of the molecule is COc1cccc(OC)c1C1CC(=O)N1. The average Bonchev–Trinajstić information content (AvgIpc) is 2.23. The lowest BCUT2D eigenvalue weighted by molar-refractivity contribution is -0.128. The molecule has 2 rings (SSSR count). The smallest absolute Gasteiger partial charge is 0.222 e. The maximum atomic E-state index is 10.9. The minimum absolute atomic E-state index is 0.0172. The zero-order chi connectivity index (χ0) is 10.8. The van der Waals surface area contributed by atoms with Gasteiger partial charge in [-0.25, -0.2) is 0 Å². The third-order valence-corrected chi connectivity index (χ3v) is 2.54. The summed E-state index contributed by atoms with van der Waals surface area (Å²) in [6.07, 6.45) is 0.497. The van der Waals surface area contributed by atoms with E-state index in [1.807, 2.05) is 18.2 Å². The Balaban J connectivity index is 2.37. The van der Waals surface area contributed by atoms with E-state index < -0.39 is 0 Å². The van der Waals surface area contributed by atoms with E-state index in [4.69, 9.17) is 9.47 Å². The Bertz CT molecular complexity index is 359. The number of nitrogens with one attached hydrogen (secondary N) is 1. The zero-order valence-electron chi connectivity index (χ0n) is 8.74. The topological polar surface area (TPSA) is 47.6 Å². The number of β-lactam (4-membered cyclic amide) rings is 1. The fourth-order valence-corrected chi connectivity index (χ4v) is 1.76. The number of hydrogen-bond acceptors (Lipinski definition) is 3. The maximum absolute atomic E-state index is 10.9. The minimum atomic E-state index is 0.0172. The molecule has 15 heavy (non-hydrogen) atoms. The summed E-state index contributed by atoms with van der Waals surface area (Å²) in [5, 5.41) is 2.81. The van der Waals surface area contributed by atoms with Crippen LogP contribution in [0.5, 0.6) is 11.5 Å². The third kappa shape index (κ3) is 1.63. The van der Waals surface area contributed by atoms with Gasteiger partial charge in [-0.1, -0.05) is 6.07 Å². The first-order chi connectivity index (χ1) is 7.26. The average molecular weight is 207 g/mol. The van der Waals surface area contributed by atoms with Crippen LogP contribution in [0.25, 0.3) is 0 Å². The first-order valence-electron chi connectivity index (χ1n) is 4.76. The fourth-order valence-electron chi connectivity index (χ4n) is 1.76. The van der Waals surface area contributed by atoms with Crippen LogP contribution in [0.2, 0.25) is 0 Å². The van der Waals surface area contributed by atoms with Gasteiger partial charge in [-0.05, 0) is 12.1 Å². The van der Waals surface area contributed by atoms with Gasteiger partial charge in [0, 0.05) is 0 Å². The van der Waals surface area contributed by atoms with Crippen LogP contribution in [0, 0.1) is 0 Å². The Labute approximate surface area is 88.2 Å². The molecular weight excluding hydrogens is 194 g/mol. The van der Waals surface area contributed by atoms with Crippen LogP contribution < -0.4 is 14.8 Å². The second-order valence-corrected chi connectivity index (χ2v) is 3.40. The monoisotopic (exact) mass is 207 g/mol. The molecule has 80 valence electrons. The number of methoxy groups -OCH3 is 2. The van der Waals surface area contributed by atoms with Crippen LogP contribution in [-0.4, -0.2) is 20.1 Å². The summed E-state index contributed by atoms with van der Waals surface area (Å²) >= 11 is 0. The summed E-state index contributed by atoms with van der Waals surface area (Å²) in [5.41, 5.74) is 0.919. The van der Waals surface area contributed by atoms with Crippen molar-refractivity contribution in [2.45, 2.75) is 12.5 Å². The van der Waals surface area contributed by atoms with Gasteiger partial charge >= 0.3 is 0 Å². The van der Waals surface area contributed by atoms with Crippen LogP contribution in [0.3, 0.4) is 0 Å². The van der Waals surface area contributed by atoms with Crippen LogP contribution in [-0.2, 0) is 4.79 Å². The van der Waals surface area contributed by atoms with Gasteiger partial charge in [0.25, 0.3) is 0 Å². The molecule has 4 nitrogen and oxygen atoms in total. The zero-order valence-corrected chi connectivity index (χ0v) is 8.74. The van der Waals surface area contributed by atoms with Crippen LogP contribution >= 0.6 is 0 Å². The number of carbonyl (C=O) groups excluding carboxylic acids is 1. The van der Waals surface area contributed by atoms with Gasteiger partial charge in [-0.15, -0.1) is 0 Å². The molecule has 1 atom stereocenters. The fraction of sp³-hybridized carbons (Fsp3) is 0.364. The molecule has 1 aliphatic rings. The Hall–Kier alpha value is -1.71. The highest BCUT2D eigenvalue weighted by atomic mass is 16.5. The van der Waals surface area contributed by atoms with Gasteiger partial charge in [0.05, 0.1) is 32.2 Å². The minimum Gasteiger partial charge on any atom is -0.496 e. The van der Waals surface area contributed by atoms with Crippen molar-refractivity contribution in [3.63, 3.8) is 0 Å². The predicted octanol–water partition coefficient (Wildman–Crippen LogP) is 1.26. The standard InChI is InChI=1S/C11H13NO3/c1-14-8-4-3-5-9(15-2)11(8)7-6-10(13)12-7/h3-5,7H,6H2,1-2H3,(H,12,13). The Morgan fingerprint density at radius 3 is 2.20 bits per heavy atom. The van der Waals surface area contributed by atoms with Crippen molar-refractivity contribution >= 4 is 5.91 Å². The van der Waals surface area contributed by atoms with Crippen LogP contribution in [0.15, 0.2) is 18.2 Å². The van der Waals surface area contributed by atoms with E-state index in [0.29, 0.717) is 6.42 Å². The summed E-state index contributed by atoms with van der Waals surface area (Å²) in [7, 11) is 3.22. The summed E-state index contributed by atoms with van der Waals surface area (Å²) < 4.78 is 10.5. The highest BCUT2D eigenvalue weighted by Gasteiger charge is 2.31. The molecular formula is C11H13NO3. The number of rotatable bonds is 3. The van der Waals surface area contributed by atoms with E-state index in [2.05, 4.69) is 5.32 Å². The van der Waals surface area contributed by atoms with E-state index in [1.54, 1.807) is 14.2 Å². The van der Waals surface area contributed by atoms with Crippen molar-refractivity contribution in [3.8, 4) is 11.5 Å². The highest BCUT2D eigenvalue weighted by Crippen LogP contribution is 2.38. The third-order valence-electron chi connectivity index (χ3n) is 2.54. The van der Waals surface area contributed by atoms with Crippen molar-refractivity contribution in [1.82, 2.24) is 5.32 Å². The summed E-state index contributed by atoms with van der Waals surface area (Å²) in [6, 6.07) is 5.61. The first kappa shape index (κ1) is 9.83. The number of ether oxygens (including phenoxy) is 2. The van der Waals surface area contributed by atoms with Crippen molar-refractivity contribution in [2.75, 3.05) is 14.2 Å². The number of amides is 1. The summed E-state index contributed by atoms with van der Waals surface area (Å²) in [4.78, 5) is 10.9. The molecule has 1 amide bonds. The molecule has 1 aromatic carbocycles. The summed E-state index contributed by atoms with van der Waals surface area (Å²) in [6.45, 7) is 0. The quantitative estimate of drug-likeness (QED) is 0.759. The molecule has 4 heteroatoms. The lowest BCUT2D eigenvalue weighted by Crippen LogP contribution is -2.41. The van der Waals surface area contributed by atoms with E-state index in [9.17, 15) is 4.79 Å². The molecule has 1 heterocycles. The van der Waals surface area contributed by atoms with Gasteiger partial charge in [0.1, 0.15) is 11.5 Å². The van der Waals surface area contributed by atoms with E-state index in [1.165, 1.54) is 0 Å². The second-order valence-electron chi connectivity index (χ2n) is 3.40.